The van der Waals surface area contributed by atoms with E-state index in [0.29, 0.717) is 11.3 Å². The zero-order chi connectivity index (χ0) is 13.1. The van der Waals surface area contributed by atoms with Gasteiger partial charge in [-0.1, -0.05) is 11.6 Å². The van der Waals surface area contributed by atoms with Gasteiger partial charge in [0.05, 0.1) is 10.7 Å². The SMILES string of the molecule is Cc1cc(NC(=O)C2CCNCC2)c(Cl)cc1F. The van der Waals surface area contributed by atoms with Crippen LogP contribution in [-0.2, 0) is 4.79 Å². The third kappa shape index (κ3) is 3.00. The maximum Gasteiger partial charge on any atom is 0.227 e. The van der Waals surface area contributed by atoms with Gasteiger partial charge in [0.2, 0.25) is 5.91 Å². The summed E-state index contributed by atoms with van der Waals surface area (Å²) in [5.74, 6) is -0.392. The Morgan fingerprint density at radius 2 is 2.11 bits per heavy atom. The number of carbonyl (C=O) groups excluding carboxylic acids is 1. The van der Waals surface area contributed by atoms with E-state index in [1.807, 2.05) is 0 Å². The average molecular weight is 271 g/mol. The van der Waals surface area contributed by atoms with Gasteiger partial charge in [0, 0.05) is 5.92 Å². The number of piperidine rings is 1. The van der Waals surface area contributed by atoms with E-state index < -0.39 is 0 Å². The molecule has 1 heterocycles. The summed E-state index contributed by atoms with van der Waals surface area (Å²) >= 11 is 5.92. The molecule has 0 spiro atoms. The van der Waals surface area contributed by atoms with Crippen LogP contribution in [0.3, 0.4) is 0 Å². The Hall–Kier alpha value is -1.13. The summed E-state index contributed by atoms with van der Waals surface area (Å²) in [4.78, 5) is 12.0. The van der Waals surface area contributed by atoms with Gasteiger partial charge in [-0.2, -0.15) is 0 Å². The Morgan fingerprint density at radius 3 is 2.78 bits per heavy atom. The lowest BCUT2D eigenvalue weighted by atomic mass is 9.97. The third-order valence-corrected chi connectivity index (χ3v) is 3.53. The van der Waals surface area contributed by atoms with Gasteiger partial charge in [-0.3, -0.25) is 4.79 Å². The molecule has 2 N–H and O–H groups in total. The molecule has 1 saturated heterocycles. The predicted octanol–water partition coefficient (Wildman–Crippen LogP) is 2.73. The van der Waals surface area contributed by atoms with Crippen LogP contribution in [0.25, 0.3) is 0 Å². The van der Waals surface area contributed by atoms with Crippen molar-refractivity contribution < 1.29 is 9.18 Å². The van der Waals surface area contributed by atoms with Crippen LogP contribution in [0.5, 0.6) is 0 Å². The lowest BCUT2D eigenvalue weighted by molar-refractivity contribution is -0.120. The Balaban J connectivity index is 2.08. The van der Waals surface area contributed by atoms with Gasteiger partial charge in [-0.25, -0.2) is 4.39 Å². The molecule has 1 aromatic rings. The second-order valence-corrected chi connectivity index (χ2v) is 5.00. The minimum absolute atomic E-state index is 0.00711. The molecule has 18 heavy (non-hydrogen) atoms. The zero-order valence-electron chi connectivity index (χ0n) is 10.2. The van der Waals surface area contributed by atoms with E-state index in [1.165, 1.54) is 6.07 Å². The summed E-state index contributed by atoms with van der Waals surface area (Å²) in [7, 11) is 0. The van der Waals surface area contributed by atoms with Crippen molar-refractivity contribution in [3.05, 3.63) is 28.5 Å². The van der Waals surface area contributed by atoms with E-state index in [0.717, 1.165) is 25.9 Å². The van der Waals surface area contributed by atoms with Crippen LogP contribution in [0, 0.1) is 18.7 Å². The minimum atomic E-state index is -0.361. The van der Waals surface area contributed by atoms with Gasteiger partial charge >= 0.3 is 0 Å². The first-order valence-corrected chi connectivity index (χ1v) is 6.43. The fourth-order valence-corrected chi connectivity index (χ4v) is 2.27. The van der Waals surface area contributed by atoms with Gasteiger partial charge in [-0.15, -0.1) is 0 Å². The van der Waals surface area contributed by atoms with E-state index in [-0.39, 0.29) is 22.7 Å². The topological polar surface area (TPSA) is 41.1 Å². The maximum absolute atomic E-state index is 13.2. The van der Waals surface area contributed by atoms with E-state index >= 15 is 0 Å². The molecule has 1 aromatic carbocycles. The van der Waals surface area contributed by atoms with Crippen molar-refractivity contribution in [2.24, 2.45) is 5.92 Å². The maximum atomic E-state index is 13.2. The van der Waals surface area contributed by atoms with Crippen molar-refractivity contribution >= 4 is 23.2 Å². The Bertz CT molecular complexity index is 459. The first kappa shape index (κ1) is 13.3. The molecule has 2 rings (SSSR count). The third-order valence-electron chi connectivity index (χ3n) is 3.22. The van der Waals surface area contributed by atoms with Crippen molar-refractivity contribution in [2.45, 2.75) is 19.8 Å². The Kier molecular flexibility index (Phi) is 4.19. The largest absolute Gasteiger partial charge is 0.325 e. The van der Waals surface area contributed by atoms with E-state index in [4.69, 9.17) is 11.6 Å². The molecule has 0 aromatic heterocycles. The second kappa shape index (κ2) is 5.67. The molecule has 1 aliphatic heterocycles. The highest BCUT2D eigenvalue weighted by atomic mass is 35.5. The van der Waals surface area contributed by atoms with Crippen molar-refractivity contribution in [1.82, 2.24) is 5.32 Å². The van der Waals surface area contributed by atoms with Crippen LogP contribution in [0.1, 0.15) is 18.4 Å². The molecule has 5 heteroatoms. The van der Waals surface area contributed by atoms with Crippen LogP contribution in [0.2, 0.25) is 5.02 Å². The van der Waals surface area contributed by atoms with Crippen LogP contribution < -0.4 is 10.6 Å². The first-order chi connectivity index (χ1) is 8.58. The van der Waals surface area contributed by atoms with Crippen molar-refractivity contribution in [3.63, 3.8) is 0 Å². The standard InChI is InChI=1S/C13H16ClFN2O/c1-8-6-12(10(14)7-11(8)15)17-13(18)9-2-4-16-5-3-9/h6-7,9,16H,2-5H2,1H3,(H,17,18). The molecule has 98 valence electrons. The summed E-state index contributed by atoms with van der Waals surface area (Å²) in [5.41, 5.74) is 0.958. The fraction of sp³-hybridized carbons (Fsp3) is 0.462. The second-order valence-electron chi connectivity index (χ2n) is 4.59. The lowest BCUT2D eigenvalue weighted by Crippen LogP contribution is -2.34. The number of carbonyl (C=O) groups is 1. The molecule has 0 atom stereocenters. The molecule has 1 amide bonds. The Morgan fingerprint density at radius 1 is 1.44 bits per heavy atom. The summed E-state index contributed by atoms with van der Waals surface area (Å²) in [6.07, 6.45) is 1.65. The Labute approximate surface area is 111 Å². The number of halogens is 2. The van der Waals surface area contributed by atoms with Crippen LogP contribution in [0.15, 0.2) is 12.1 Å². The van der Waals surface area contributed by atoms with Gasteiger partial charge in [0.15, 0.2) is 0 Å². The number of anilines is 1. The van der Waals surface area contributed by atoms with Crippen molar-refractivity contribution in [2.75, 3.05) is 18.4 Å². The predicted molar refractivity (Wildman–Crippen MR) is 70.4 cm³/mol. The fourth-order valence-electron chi connectivity index (χ4n) is 2.07. The van der Waals surface area contributed by atoms with Crippen LogP contribution in [-0.4, -0.2) is 19.0 Å². The highest BCUT2D eigenvalue weighted by Crippen LogP contribution is 2.26. The molecular weight excluding hydrogens is 255 g/mol. The van der Waals surface area contributed by atoms with E-state index in [9.17, 15) is 9.18 Å². The molecular formula is C13H16ClFN2O. The molecule has 1 aliphatic rings. The van der Waals surface area contributed by atoms with E-state index in [2.05, 4.69) is 10.6 Å². The highest BCUT2D eigenvalue weighted by Gasteiger charge is 2.21. The normalized spacial score (nSPS) is 16.6. The lowest BCUT2D eigenvalue weighted by Gasteiger charge is -2.22. The summed E-state index contributed by atoms with van der Waals surface area (Å²) in [5, 5.41) is 6.22. The van der Waals surface area contributed by atoms with Crippen LogP contribution in [0.4, 0.5) is 10.1 Å². The first-order valence-electron chi connectivity index (χ1n) is 6.05. The molecule has 0 radical (unpaired) electrons. The summed E-state index contributed by atoms with van der Waals surface area (Å²) in [6, 6.07) is 2.80. The van der Waals surface area contributed by atoms with Gasteiger partial charge < -0.3 is 10.6 Å². The number of aryl methyl sites for hydroxylation is 1. The van der Waals surface area contributed by atoms with Gasteiger partial charge in [-0.05, 0) is 50.6 Å². The number of benzene rings is 1. The molecule has 1 fully saturated rings. The van der Waals surface area contributed by atoms with Gasteiger partial charge in [0.1, 0.15) is 5.82 Å². The smallest absolute Gasteiger partial charge is 0.227 e. The number of hydrogen-bond acceptors (Lipinski definition) is 2. The molecule has 0 aliphatic carbocycles. The van der Waals surface area contributed by atoms with Crippen molar-refractivity contribution in [3.8, 4) is 0 Å². The number of rotatable bonds is 2. The number of hydrogen-bond donors (Lipinski definition) is 2. The average Bonchev–Trinajstić information content (AvgIpc) is 2.37. The minimum Gasteiger partial charge on any atom is -0.325 e. The van der Waals surface area contributed by atoms with E-state index in [1.54, 1.807) is 13.0 Å². The molecule has 0 saturated carbocycles. The zero-order valence-corrected chi connectivity index (χ0v) is 11.0. The highest BCUT2D eigenvalue weighted by molar-refractivity contribution is 6.33. The molecule has 0 bridgehead atoms. The number of amides is 1. The summed E-state index contributed by atoms with van der Waals surface area (Å²) < 4.78 is 13.2. The van der Waals surface area contributed by atoms with Gasteiger partial charge in [0.25, 0.3) is 0 Å². The molecule has 3 nitrogen and oxygen atoms in total. The quantitative estimate of drug-likeness (QED) is 0.868. The monoisotopic (exact) mass is 270 g/mol. The van der Waals surface area contributed by atoms with Crippen LogP contribution >= 0.6 is 11.6 Å². The molecule has 0 unspecified atom stereocenters. The summed E-state index contributed by atoms with van der Waals surface area (Å²) in [6.45, 7) is 3.36. The van der Waals surface area contributed by atoms with Crippen molar-refractivity contribution in [1.29, 1.82) is 0 Å². The number of nitrogens with one attached hydrogen (secondary N) is 2.